The second-order valence-electron chi connectivity index (χ2n) is 6.28. The first-order valence-corrected chi connectivity index (χ1v) is 8.75. The molecule has 0 aromatic heterocycles. The summed E-state index contributed by atoms with van der Waals surface area (Å²) in [6, 6.07) is 9.97. The van der Waals surface area contributed by atoms with E-state index in [0.717, 1.165) is 25.0 Å². The second-order valence-corrected chi connectivity index (χ2v) is 6.28. The first-order chi connectivity index (χ1) is 12.2. The van der Waals surface area contributed by atoms with E-state index in [1.807, 2.05) is 42.5 Å². The van der Waals surface area contributed by atoms with Gasteiger partial charge in [-0.2, -0.15) is 0 Å². The van der Waals surface area contributed by atoms with Gasteiger partial charge in [0.1, 0.15) is 13.2 Å². The van der Waals surface area contributed by atoms with Crippen LogP contribution in [-0.2, 0) is 14.3 Å². The highest BCUT2D eigenvalue weighted by Gasteiger charge is 2.28. The lowest BCUT2D eigenvalue weighted by Gasteiger charge is -2.26. The molecule has 6 heteroatoms. The van der Waals surface area contributed by atoms with Gasteiger partial charge >= 0.3 is 6.09 Å². The standard InChI is InChI=1S/C19H24N2O4/c22-18(15-21-11-13-25-19(21)23)20(14-17-9-5-12-24-17)10-4-8-16-6-2-1-3-7-16/h1-4,6-8,17H,5,9-15H2. The Balaban J connectivity index is 1.60. The van der Waals surface area contributed by atoms with Crippen LogP contribution in [0.4, 0.5) is 4.79 Å². The molecule has 1 aromatic carbocycles. The number of nitrogens with zero attached hydrogens (tertiary/aromatic N) is 2. The van der Waals surface area contributed by atoms with Gasteiger partial charge in [-0.25, -0.2) is 4.79 Å². The Morgan fingerprint density at radius 2 is 2.12 bits per heavy atom. The minimum Gasteiger partial charge on any atom is -0.448 e. The van der Waals surface area contributed by atoms with Gasteiger partial charge in [0.2, 0.25) is 5.91 Å². The fourth-order valence-corrected chi connectivity index (χ4v) is 3.03. The van der Waals surface area contributed by atoms with E-state index in [9.17, 15) is 9.59 Å². The number of ether oxygens (including phenoxy) is 2. The maximum atomic E-state index is 12.7. The van der Waals surface area contributed by atoms with Crippen LogP contribution in [-0.4, -0.2) is 67.3 Å². The van der Waals surface area contributed by atoms with E-state index in [-0.39, 0.29) is 18.6 Å². The number of carbonyl (C=O) groups is 2. The Hall–Kier alpha value is -2.34. The average Bonchev–Trinajstić information content (AvgIpc) is 3.27. The average molecular weight is 344 g/mol. The normalized spacial score (nSPS) is 20.2. The minimum atomic E-state index is -0.412. The molecule has 0 bridgehead atoms. The summed E-state index contributed by atoms with van der Waals surface area (Å²) in [5.41, 5.74) is 1.09. The lowest BCUT2D eigenvalue weighted by molar-refractivity contribution is -0.132. The first-order valence-electron chi connectivity index (χ1n) is 8.75. The molecule has 0 N–H and O–H groups in total. The van der Waals surface area contributed by atoms with E-state index in [2.05, 4.69) is 0 Å². The van der Waals surface area contributed by atoms with Gasteiger partial charge in [0.05, 0.1) is 12.6 Å². The van der Waals surface area contributed by atoms with Crippen molar-refractivity contribution in [2.24, 2.45) is 0 Å². The zero-order valence-electron chi connectivity index (χ0n) is 14.3. The largest absolute Gasteiger partial charge is 0.448 e. The van der Waals surface area contributed by atoms with Crippen molar-refractivity contribution in [2.75, 3.05) is 39.4 Å². The van der Waals surface area contributed by atoms with E-state index >= 15 is 0 Å². The highest BCUT2D eigenvalue weighted by atomic mass is 16.6. The maximum Gasteiger partial charge on any atom is 0.410 e. The van der Waals surface area contributed by atoms with Crippen LogP contribution in [0.2, 0.25) is 0 Å². The van der Waals surface area contributed by atoms with Crippen molar-refractivity contribution in [1.29, 1.82) is 0 Å². The third-order valence-corrected chi connectivity index (χ3v) is 4.41. The van der Waals surface area contributed by atoms with Gasteiger partial charge in [-0.1, -0.05) is 42.5 Å². The molecule has 0 radical (unpaired) electrons. The number of cyclic esters (lactones) is 1. The van der Waals surface area contributed by atoms with Crippen LogP contribution in [0.5, 0.6) is 0 Å². The van der Waals surface area contributed by atoms with E-state index in [1.54, 1.807) is 4.90 Å². The Bertz CT molecular complexity index is 611. The zero-order chi connectivity index (χ0) is 17.5. The molecular formula is C19H24N2O4. The zero-order valence-corrected chi connectivity index (χ0v) is 14.3. The van der Waals surface area contributed by atoms with Crippen LogP contribution in [0.1, 0.15) is 18.4 Å². The molecule has 2 fully saturated rings. The predicted octanol–water partition coefficient (Wildman–Crippen LogP) is 2.16. The number of amides is 2. The molecule has 2 aliphatic rings. The molecule has 0 spiro atoms. The number of carbonyl (C=O) groups excluding carboxylic acids is 2. The van der Waals surface area contributed by atoms with Crippen molar-refractivity contribution < 1.29 is 19.1 Å². The predicted molar refractivity (Wildman–Crippen MR) is 94.0 cm³/mol. The molecule has 1 aromatic rings. The van der Waals surface area contributed by atoms with Crippen molar-refractivity contribution >= 4 is 18.1 Å². The molecule has 25 heavy (non-hydrogen) atoms. The van der Waals surface area contributed by atoms with Crippen molar-refractivity contribution in [1.82, 2.24) is 9.80 Å². The van der Waals surface area contributed by atoms with Crippen LogP contribution in [0, 0.1) is 0 Å². The van der Waals surface area contributed by atoms with Crippen LogP contribution in [0.25, 0.3) is 6.08 Å². The van der Waals surface area contributed by atoms with Gasteiger partial charge in [0.25, 0.3) is 0 Å². The molecule has 2 saturated heterocycles. The molecule has 1 unspecified atom stereocenters. The van der Waals surface area contributed by atoms with E-state index in [0.29, 0.717) is 26.2 Å². The van der Waals surface area contributed by atoms with Crippen molar-refractivity contribution in [2.45, 2.75) is 18.9 Å². The smallest absolute Gasteiger partial charge is 0.410 e. The number of hydrogen-bond donors (Lipinski definition) is 0. The molecule has 6 nitrogen and oxygen atoms in total. The fraction of sp³-hybridized carbons (Fsp3) is 0.474. The minimum absolute atomic E-state index is 0.0602. The Kier molecular flexibility index (Phi) is 6.06. The number of rotatable bonds is 7. The summed E-state index contributed by atoms with van der Waals surface area (Å²) in [7, 11) is 0. The van der Waals surface area contributed by atoms with Crippen LogP contribution < -0.4 is 0 Å². The second kappa shape index (κ2) is 8.67. The summed E-state index contributed by atoms with van der Waals surface area (Å²) in [5.74, 6) is -0.0768. The summed E-state index contributed by atoms with van der Waals surface area (Å²) in [6.07, 6.45) is 5.65. The molecule has 1 atom stereocenters. The lowest BCUT2D eigenvalue weighted by atomic mass is 10.2. The third kappa shape index (κ3) is 5.06. The molecule has 2 amide bonds. The molecule has 2 aliphatic heterocycles. The number of benzene rings is 1. The monoisotopic (exact) mass is 344 g/mol. The summed E-state index contributed by atoms with van der Waals surface area (Å²) in [4.78, 5) is 27.4. The van der Waals surface area contributed by atoms with Gasteiger partial charge in [0, 0.05) is 19.7 Å². The highest BCUT2D eigenvalue weighted by Crippen LogP contribution is 2.14. The van der Waals surface area contributed by atoms with Crippen molar-refractivity contribution in [3.05, 3.63) is 42.0 Å². The summed E-state index contributed by atoms with van der Waals surface area (Å²) < 4.78 is 10.6. The molecule has 134 valence electrons. The van der Waals surface area contributed by atoms with Crippen molar-refractivity contribution in [3.8, 4) is 0 Å². The Morgan fingerprint density at radius 1 is 1.28 bits per heavy atom. The fourth-order valence-electron chi connectivity index (χ4n) is 3.03. The summed E-state index contributed by atoms with van der Waals surface area (Å²) >= 11 is 0. The third-order valence-electron chi connectivity index (χ3n) is 4.41. The molecular weight excluding hydrogens is 320 g/mol. The number of hydrogen-bond acceptors (Lipinski definition) is 4. The van der Waals surface area contributed by atoms with Crippen LogP contribution in [0.15, 0.2) is 36.4 Å². The van der Waals surface area contributed by atoms with Gasteiger partial charge in [-0.3, -0.25) is 9.69 Å². The maximum absolute atomic E-state index is 12.7. The topological polar surface area (TPSA) is 59.1 Å². The Labute approximate surface area is 148 Å². The quantitative estimate of drug-likeness (QED) is 0.761. The van der Waals surface area contributed by atoms with Gasteiger partial charge in [-0.05, 0) is 18.4 Å². The van der Waals surface area contributed by atoms with E-state index in [4.69, 9.17) is 9.47 Å². The molecule has 2 heterocycles. The summed E-state index contributed by atoms with van der Waals surface area (Å²) in [5, 5.41) is 0. The first kappa shape index (κ1) is 17.5. The highest BCUT2D eigenvalue weighted by molar-refractivity contribution is 5.83. The van der Waals surface area contributed by atoms with Crippen LogP contribution >= 0.6 is 0 Å². The molecule has 0 aliphatic carbocycles. The Morgan fingerprint density at radius 3 is 2.80 bits per heavy atom. The van der Waals surface area contributed by atoms with E-state index < -0.39 is 6.09 Å². The van der Waals surface area contributed by atoms with Crippen LogP contribution in [0.3, 0.4) is 0 Å². The van der Waals surface area contributed by atoms with Gasteiger partial charge < -0.3 is 14.4 Å². The molecule has 3 rings (SSSR count). The van der Waals surface area contributed by atoms with Gasteiger partial charge in [-0.15, -0.1) is 0 Å². The summed E-state index contributed by atoms with van der Waals surface area (Å²) in [6.45, 7) is 2.69. The SMILES string of the molecule is O=C(CN1CCOC1=O)N(CC=Cc1ccccc1)CC1CCCO1. The van der Waals surface area contributed by atoms with Gasteiger partial charge in [0.15, 0.2) is 0 Å². The van der Waals surface area contributed by atoms with Crippen molar-refractivity contribution in [3.63, 3.8) is 0 Å². The molecule has 0 saturated carbocycles. The lowest BCUT2D eigenvalue weighted by Crippen LogP contribution is -2.44. The van der Waals surface area contributed by atoms with E-state index in [1.165, 1.54) is 4.90 Å².